The van der Waals surface area contributed by atoms with Crippen LogP contribution in [0.25, 0.3) is 0 Å². The van der Waals surface area contributed by atoms with E-state index in [1.165, 1.54) is 63.7 Å². The first-order chi connectivity index (χ1) is 13.4. The lowest BCUT2D eigenvalue weighted by Crippen LogP contribution is -2.35. The SMILES string of the molecule is CC(C)c1cnn(C2CCN(CCC[C@H]3CC[C@H](C(=O)C(C)C)CC3)CC2)c1. The number of carbonyl (C=O) groups excluding carboxylic acids is 1. The number of likely N-dealkylation sites (tertiary alicyclic amines) is 1. The monoisotopic (exact) mass is 387 g/mol. The summed E-state index contributed by atoms with van der Waals surface area (Å²) in [5.41, 5.74) is 1.35. The van der Waals surface area contributed by atoms with Crippen LogP contribution in [0.2, 0.25) is 0 Å². The van der Waals surface area contributed by atoms with Gasteiger partial charge in [-0.25, -0.2) is 0 Å². The summed E-state index contributed by atoms with van der Waals surface area (Å²) in [5.74, 6) is 2.48. The van der Waals surface area contributed by atoms with Gasteiger partial charge in [0.15, 0.2) is 0 Å². The molecule has 1 saturated heterocycles. The highest BCUT2D eigenvalue weighted by atomic mass is 16.1. The van der Waals surface area contributed by atoms with Crippen molar-refractivity contribution in [2.75, 3.05) is 19.6 Å². The van der Waals surface area contributed by atoms with E-state index in [1.807, 2.05) is 20.0 Å². The molecular weight excluding hydrogens is 346 g/mol. The van der Waals surface area contributed by atoms with E-state index in [4.69, 9.17) is 0 Å². The van der Waals surface area contributed by atoms with Crippen molar-refractivity contribution in [2.45, 2.75) is 91.0 Å². The first-order valence-corrected chi connectivity index (χ1v) is 11.7. The molecule has 1 aromatic heterocycles. The topological polar surface area (TPSA) is 38.1 Å². The van der Waals surface area contributed by atoms with Crippen molar-refractivity contribution < 1.29 is 4.79 Å². The van der Waals surface area contributed by atoms with Crippen LogP contribution in [0.4, 0.5) is 0 Å². The summed E-state index contributed by atoms with van der Waals surface area (Å²) >= 11 is 0. The number of aromatic nitrogens is 2. The Morgan fingerprint density at radius 1 is 1.07 bits per heavy atom. The average molecular weight is 388 g/mol. The van der Waals surface area contributed by atoms with E-state index in [9.17, 15) is 4.79 Å². The zero-order valence-electron chi connectivity index (χ0n) is 18.6. The third kappa shape index (κ3) is 5.68. The van der Waals surface area contributed by atoms with Gasteiger partial charge in [0.25, 0.3) is 0 Å². The Kier molecular flexibility index (Phi) is 7.73. The van der Waals surface area contributed by atoms with Gasteiger partial charge in [-0.2, -0.15) is 5.10 Å². The molecule has 0 spiro atoms. The number of rotatable bonds is 8. The molecule has 0 amide bonds. The molecule has 0 N–H and O–H groups in total. The van der Waals surface area contributed by atoms with Gasteiger partial charge in [0, 0.05) is 31.1 Å². The van der Waals surface area contributed by atoms with Gasteiger partial charge in [0.1, 0.15) is 5.78 Å². The van der Waals surface area contributed by atoms with E-state index in [-0.39, 0.29) is 5.92 Å². The van der Waals surface area contributed by atoms with E-state index in [0.29, 0.717) is 23.7 Å². The summed E-state index contributed by atoms with van der Waals surface area (Å²) in [4.78, 5) is 14.8. The van der Waals surface area contributed by atoms with Gasteiger partial charge in [-0.15, -0.1) is 0 Å². The molecule has 1 aromatic rings. The molecule has 1 aliphatic carbocycles. The van der Waals surface area contributed by atoms with Crippen LogP contribution in [0.15, 0.2) is 12.4 Å². The normalized spacial score (nSPS) is 24.9. The van der Waals surface area contributed by atoms with Crippen LogP contribution >= 0.6 is 0 Å². The first kappa shape index (κ1) is 21.5. The number of piperidine rings is 1. The molecule has 2 aliphatic rings. The largest absolute Gasteiger partial charge is 0.303 e. The van der Waals surface area contributed by atoms with Crippen molar-refractivity contribution in [3.05, 3.63) is 18.0 Å². The third-order valence-electron chi connectivity index (χ3n) is 7.12. The summed E-state index contributed by atoms with van der Waals surface area (Å²) in [5, 5.41) is 4.61. The number of hydrogen-bond acceptors (Lipinski definition) is 3. The van der Waals surface area contributed by atoms with Crippen molar-refractivity contribution in [1.82, 2.24) is 14.7 Å². The number of hydrogen-bond donors (Lipinski definition) is 0. The Labute approximate surface area is 172 Å². The number of ketones is 1. The van der Waals surface area contributed by atoms with Gasteiger partial charge in [0.05, 0.1) is 12.2 Å². The fraction of sp³-hybridized carbons (Fsp3) is 0.833. The summed E-state index contributed by atoms with van der Waals surface area (Å²) < 4.78 is 2.21. The van der Waals surface area contributed by atoms with Gasteiger partial charge in [0.2, 0.25) is 0 Å². The highest BCUT2D eigenvalue weighted by Gasteiger charge is 2.27. The number of nitrogens with zero attached hydrogens (tertiary/aromatic N) is 3. The van der Waals surface area contributed by atoms with Crippen LogP contribution < -0.4 is 0 Å². The van der Waals surface area contributed by atoms with E-state index in [0.717, 1.165) is 18.8 Å². The molecule has 3 rings (SSSR count). The predicted octanol–water partition coefficient (Wildman–Crippen LogP) is 5.46. The zero-order valence-corrected chi connectivity index (χ0v) is 18.6. The quantitative estimate of drug-likeness (QED) is 0.595. The lowest BCUT2D eigenvalue weighted by atomic mass is 9.76. The Bertz CT molecular complexity index is 605. The minimum Gasteiger partial charge on any atom is -0.303 e. The fourth-order valence-electron chi connectivity index (χ4n) is 5.07. The van der Waals surface area contributed by atoms with Crippen molar-refractivity contribution in [3.63, 3.8) is 0 Å². The predicted molar refractivity (Wildman–Crippen MR) is 116 cm³/mol. The minimum atomic E-state index is 0.211. The van der Waals surface area contributed by atoms with Crippen molar-refractivity contribution in [2.24, 2.45) is 17.8 Å². The summed E-state index contributed by atoms with van der Waals surface area (Å²) in [6.07, 6.45) is 14.2. The number of carbonyl (C=O) groups is 1. The van der Waals surface area contributed by atoms with Crippen LogP contribution in [0.5, 0.6) is 0 Å². The van der Waals surface area contributed by atoms with Gasteiger partial charge in [-0.05, 0) is 75.3 Å². The maximum atomic E-state index is 12.2. The molecule has 0 bridgehead atoms. The second kappa shape index (κ2) is 10.0. The maximum absolute atomic E-state index is 12.2. The minimum absolute atomic E-state index is 0.211. The maximum Gasteiger partial charge on any atom is 0.138 e. The first-order valence-electron chi connectivity index (χ1n) is 11.7. The Morgan fingerprint density at radius 2 is 1.75 bits per heavy atom. The lowest BCUT2D eigenvalue weighted by Gasteiger charge is -2.33. The average Bonchev–Trinajstić information content (AvgIpc) is 3.19. The summed E-state index contributed by atoms with van der Waals surface area (Å²) in [7, 11) is 0. The Hall–Kier alpha value is -1.16. The molecular formula is C24H41N3O. The zero-order chi connectivity index (χ0) is 20.1. The molecule has 28 heavy (non-hydrogen) atoms. The molecule has 0 unspecified atom stereocenters. The van der Waals surface area contributed by atoms with Gasteiger partial charge < -0.3 is 4.90 Å². The number of Topliss-reactive ketones (excluding diaryl/α,β-unsaturated/α-hetero) is 1. The van der Waals surface area contributed by atoms with E-state index >= 15 is 0 Å². The molecule has 2 heterocycles. The molecule has 1 aliphatic heterocycles. The molecule has 158 valence electrons. The molecule has 0 atom stereocenters. The highest BCUT2D eigenvalue weighted by molar-refractivity contribution is 5.82. The third-order valence-corrected chi connectivity index (χ3v) is 7.12. The molecule has 1 saturated carbocycles. The van der Waals surface area contributed by atoms with Crippen LogP contribution in [0.1, 0.15) is 96.6 Å². The van der Waals surface area contributed by atoms with Crippen molar-refractivity contribution in [3.8, 4) is 0 Å². The fourth-order valence-corrected chi connectivity index (χ4v) is 5.07. The molecule has 0 aromatic carbocycles. The van der Waals surface area contributed by atoms with E-state index in [2.05, 4.69) is 34.7 Å². The molecule has 4 nitrogen and oxygen atoms in total. The van der Waals surface area contributed by atoms with E-state index in [1.54, 1.807) is 0 Å². The van der Waals surface area contributed by atoms with Gasteiger partial charge in [-0.1, -0.05) is 27.7 Å². The summed E-state index contributed by atoms with van der Waals surface area (Å²) in [6.45, 7) is 12.2. The second-order valence-electron chi connectivity index (χ2n) is 9.90. The van der Waals surface area contributed by atoms with Gasteiger partial charge >= 0.3 is 0 Å². The van der Waals surface area contributed by atoms with E-state index < -0.39 is 0 Å². The second-order valence-corrected chi connectivity index (χ2v) is 9.90. The standard InChI is InChI=1S/C24H41N3O/c1-18(2)22-16-25-27(17-22)23-11-14-26(15-12-23)13-5-6-20-7-9-21(10-8-20)24(28)19(3)4/h16-21,23H,5-15H2,1-4H3/t20-,21-. The highest BCUT2D eigenvalue weighted by Crippen LogP contribution is 2.33. The van der Waals surface area contributed by atoms with Crippen molar-refractivity contribution in [1.29, 1.82) is 0 Å². The lowest BCUT2D eigenvalue weighted by molar-refractivity contribution is -0.127. The van der Waals surface area contributed by atoms with Crippen LogP contribution in [-0.2, 0) is 4.79 Å². The van der Waals surface area contributed by atoms with Crippen molar-refractivity contribution >= 4 is 5.78 Å². The Morgan fingerprint density at radius 3 is 2.32 bits per heavy atom. The molecule has 4 heteroatoms. The van der Waals surface area contributed by atoms with Crippen LogP contribution in [0, 0.1) is 17.8 Å². The van der Waals surface area contributed by atoms with Gasteiger partial charge in [-0.3, -0.25) is 9.48 Å². The molecule has 0 radical (unpaired) electrons. The summed E-state index contributed by atoms with van der Waals surface area (Å²) in [6, 6.07) is 0.581. The van der Waals surface area contributed by atoms with Crippen LogP contribution in [0.3, 0.4) is 0 Å². The smallest absolute Gasteiger partial charge is 0.138 e. The van der Waals surface area contributed by atoms with Crippen LogP contribution in [-0.4, -0.2) is 40.1 Å². The Balaban J connectivity index is 1.31. The molecule has 2 fully saturated rings.